The number of carboxylic acids is 1. The average molecular weight is 367 g/mol. The van der Waals surface area contributed by atoms with E-state index in [1.165, 1.54) is 13.8 Å². The molecule has 0 aromatic carbocycles. The second-order valence-electron chi connectivity index (χ2n) is 5.82. The number of carboxylic acid groups (broad SMARTS) is 1. The van der Waals surface area contributed by atoms with Gasteiger partial charge in [0, 0.05) is 33.0 Å². The number of hydrogen-bond acceptors (Lipinski definition) is 4. The Bertz CT molecular complexity index is 552. The SMILES string of the molecule is CC(=O)NCCN(C(=O)C1CC(=O)N(CC(F)(F)F)C1)C(C)C(=O)O. The molecule has 0 radical (unpaired) electrons. The number of amides is 3. The van der Waals surface area contributed by atoms with Crippen LogP contribution in [0.3, 0.4) is 0 Å². The molecule has 1 heterocycles. The molecule has 2 unspecified atom stereocenters. The third-order valence-corrected chi connectivity index (χ3v) is 3.77. The van der Waals surface area contributed by atoms with E-state index in [0.29, 0.717) is 4.90 Å². The first kappa shape index (κ1) is 20.7. The number of halogens is 3. The largest absolute Gasteiger partial charge is 0.480 e. The average Bonchev–Trinajstić information content (AvgIpc) is 2.81. The second-order valence-corrected chi connectivity index (χ2v) is 5.82. The number of carbonyl (C=O) groups is 4. The van der Waals surface area contributed by atoms with Crippen LogP contribution in [0.1, 0.15) is 20.3 Å². The fourth-order valence-electron chi connectivity index (χ4n) is 2.52. The molecule has 0 spiro atoms. The summed E-state index contributed by atoms with van der Waals surface area (Å²) in [6, 6.07) is -1.24. The number of nitrogens with zero attached hydrogens (tertiary/aromatic N) is 2. The lowest BCUT2D eigenvalue weighted by Gasteiger charge is -2.29. The van der Waals surface area contributed by atoms with Crippen molar-refractivity contribution in [1.82, 2.24) is 15.1 Å². The molecule has 0 saturated carbocycles. The van der Waals surface area contributed by atoms with Gasteiger partial charge in [-0.25, -0.2) is 4.79 Å². The molecular formula is C14H20F3N3O5. The topological polar surface area (TPSA) is 107 Å². The molecule has 0 aliphatic carbocycles. The summed E-state index contributed by atoms with van der Waals surface area (Å²) in [6.07, 6.45) is -4.98. The van der Waals surface area contributed by atoms with Crippen molar-refractivity contribution in [2.24, 2.45) is 5.92 Å². The predicted octanol–water partition coefficient (Wildman–Crippen LogP) is -0.165. The summed E-state index contributed by atoms with van der Waals surface area (Å²) in [5.74, 6) is -4.25. The number of nitrogens with one attached hydrogen (secondary N) is 1. The smallest absolute Gasteiger partial charge is 0.406 e. The molecule has 3 amide bonds. The first-order valence-corrected chi connectivity index (χ1v) is 7.54. The number of hydrogen-bond donors (Lipinski definition) is 2. The van der Waals surface area contributed by atoms with Crippen molar-refractivity contribution in [2.75, 3.05) is 26.2 Å². The molecule has 2 N–H and O–H groups in total. The van der Waals surface area contributed by atoms with Gasteiger partial charge in [-0.3, -0.25) is 14.4 Å². The van der Waals surface area contributed by atoms with Crippen LogP contribution in [0.2, 0.25) is 0 Å². The fraction of sp³-hybridized carbons (Fsp3) is 0.714. The lowest BCUT2D eigenvalue weighted by atomic mass is 10.1. The van der Waals surface area contributed by atoms with E-state index in [4.69, 9.17) is 5.11 Å². The van der Waals surface area contributed by atoms with Gasteiger partial charge in [0.2, 0.25) is 17.7 Å². The lowest BCUT2D eigenvalue weighted by molar-refractivity contribution is -0.157. The third-order valence-electron chi connectivity index (χ3n) is 3.77. The van der Waals surface area contributed by atoms with E-state index in [0.717, 1.165) is 4.90 Å². The molecular weight excluding hydrogens is 347 g/mol. The van der Waals surface area contributed by atoms with Gasteiger partial charge in [0.15, 0.2) is 0 Å². The van der Waals surface area contributed by atoms with Gasteiger partial charge < -0.3 is 20.2 Å². The number of rotatable bonds is 7. The summed E-state index contributed by atoms with van der Waals surface area (Å²) in [5.41, 5.74) is 0. The van der Waals surface area contributed by atoms with Crippen molar-refractivity contribution in [3.8, 4) is 0 Å². The number of alkyl halides is 3. The van der Waals surface area contributed by atoms with E-state index in [-0.39, 0.29) is 19.0 Å². The number of aliphatic carboxylic acids is 1. The van der Waals surface area contributed by atoms with Crippen molar-refractivity contribution in [2.45, 2.75) is 32.5 Å². The quantitative estimate of drug-likeness (QED) is 0.650. The van der Waals surface area contributed by atoms with Crippen LogP contribution in [0, 0.1) is 5.92 Å². The van der Waals surface area contributed by atoms with Crippen molar-refractivity contribution in [3.05, 3.63) is 0 Å². The Hall–Kier alpha value is -2.33. The molecule has 2 atom stereocenters. The first-order valence-electron chi connectivity index (χ1n) is 7.54. The predicted molar refractivity (Wildman–Crippen MR) is 78.2 cm³/mol. The van der Waals surface area contributed by atoms with E-state index in [1.54, 1.807) is 0 Å². The van der Waals surface area contributed by atoms with Crippen LogP contribution in [-0.2, 0) is 19.2 Å². The molecule has 1 saturated heterocycles. The van der Waals surface area contributed by atoms with Crippen molar-refractivity contribution in [1.29, 1.82) is 0 Å². The standard InChI is InChI=1S/C14H20F3N3O5/c1-8(13(24)25)20(4-3-18-9(2)21)12(23)10-5-11(22)19(6-10)7-14(15,16)17/h8,10H,3-7H2,1-2H3,(H,18,21)(H,24,25). The van der Waals surface area contributed by atoms with E-state index < -0.39 is 55.4 Å². The van der Waals surface area contributed by atoms with Crippen LogP contribution in [0.4, 0.5) is 13.2 Å². The molecule has 8 nitrogen and oxygen atoms in total. The van der Waals surface area contributed by atoms with Crippen LogP contribution in [0.5, 0.6) is 0 Å². The molecule has 0 aromatic rings. The van der Waals surface area contributed by atoms with E-state index >= 15 is 0 Å². The zero-order chi connectivity index (χ0) is 19.4. The van der Waals surface area contributed by atoms with E-state index in [2.05, 4.69) is 5.32 Å². The maximum atomic E-state index is 12.5. The summed E-state index contributed by atoms with van der Waals surface area (Å²) >= 11 is 0. The monoisotopic (exact) mass is 367 g/mol. The minimum atomic E-state index is -4.58. The lowest BCUT2D eigenvalue weighted by Crippen LogP contribution is -2.49. The first-order chi connectivity index (χ1) is 11.4. The fourth-order valence-corrected chi connectivity index (χ4v) is 2.52. The van der Waals surface area contributed by atoms with Gasteiger partial charge in [0.05, 0.1) is 5.92 Å². The van der Waals surface area contributed by atoms with E-state index in [9.17, 15) is 32.3 Å². The molecule has 0 bridgehead atoms. The summed E-state index contributed by atoms with van der Waals surface area (Å²) in [6.45, 7) is 0.493. The Morgan fingerprint density at radius 1 is 1.40 bits per heavy atom. The molecule has 11 heteroatoms. The van der Waals surface area contributed by atoms with Crippen LogP contribution in [0.15, 0.2) is 0 Å². The van der Waals surface area contributed by atoms with Gasteiger partial charge in [0.25, 0.3) is 0 Å². The van der Waals surface area contributed by atoms with Crippen LogP contribution in [0.25, 0.3) is 0 Å². The summed E-state index contributed by atoms with van der Waals surface area (Å²) in [5, 5.41) is 11.5. The van der Waals surface area contributed by atoms with Gasteiger partial charge >= 0.3 is 12.1 Å². The summed E-state index contributed by atoms with van der Waals surface area (Å²) in [7, 11) is 0. The highest BCUT2D eigenvalue weighted by Crippen LogP contribution is 2.25. The van der Waals surface area contributed by atoms with Gasteiger partial charge in [0.1, 0.15) is 12.6 Å². The molecule has 1 aliphatic heterocycles. The minimum absolute atomic E-state index is 0.00831. The Labute approximate surface area is 141 Å². The summed E-state index contributed by atoms with van der Waals surface area (Å²) < 4.78 is 37.3. The Balaban J connectivity index is 2.81. The zero-order valence-corrected chi connectivity index (χ0v) is 13.8. The molecule has 0 aromatic heterocycles. The van der Waals surface area contributed by atoms with Gasteiger partial charge in [-0.1, -0.05) is 0 Å². The molecule has 1 fully saturated rings. The van der Waals surface area contributed by atoms with Crippen molar-refractivity contribution in [3.63, 3.8) is 0 Å². The van der Waals surface area contributed by atoms with Gasteiger partial charge in [-0.15, -0.1) is 0 Å². The van der Waals surface area contributed by atoms with Crippen LogP contribution in [-0.4, -0.2) is 77.0 Å². The zero-order valence-electron chi connectivity index (χ0n) is 13.8. The van der Waals surface area contributed by atoms with E-state index in [1.807, 2.05) is 0 Å². The third kappa shape index (κ3) is 6.24. The molecule has 142 valence electrons. The molecule has 25 heavy (non-hydrogen) atoms. The highest BCUT2D eigenvalue weighted by Gasteiger charge is 2.42. The van der Waals surface area contributed by atoms with Crippen molar-refractivity contribution >= 4 is 23.7 Å². The second kappa shape index (κ2) is 8.17. The van der Waals surface area contributed by atoms with Gasteiger partial charge in [-0.2, -0.15) is 13.2 Å². The maximum absolute atomic E-state index is 12.5. The van der Waals surface area contributed by atoms with Crippen LogP contribution >= 0.6 is 0 Å². The maximum Gasteiger partial charge on any atom is 0.406 e. The minimum Gasteiger partial charge on any atom is -0.480 e. The highest BCUT2D eigenvalue weighted by atomic mass is 19.4. The van der Waals surface area contributed by atoms with Crippen molar-refractivity contribution < 1.29 is 37.5 Å². The Morgan fingerprint density at radius 2 is 2.00 bits per heavy atom. The Kier molecular flexibility index (Phi) is 6.77. The van der Waals surface area contributed by atoms with Gasteiger partial charge in [-0.05, 0) is 6.92 Å². The molecule has 1 aliphatic rings. The molecule has 1 rings (SSSR count). The van der Waals surface area contributed by atoms with Crippen LogP contribution < -0.4 is 5.32 Å². The Morgan fingerprint density at radius 3 is 2.48 bits per heavy atom. The highest BCUT2D eigenvalue weighted by molar-refractivity contribution is 5.91. The normalized spacial score (nSPS) is 18.8. The summed E-state index contributed by atoms with van der Waals surface area (Å²) in [4.78, 5) is 47.7. The number of carbonyl (C=O) groups excluding carboxylic acids is 3. The number of likely N-dealkylation sites (tertiary alicyclic amines) is 1.